The highest BCUT2D eigenvalue weighted by atomic mass is 35.5. The zero-order chi connectivity index (χ0) is 11.3. The second-order valence-electron chi connectivity index (χ2n) is 3.20. The smallest absolute Gasteiger partial charge is 0.253 e. The lowest BCUT2D eigenvalue weighted by molar-refractivity contribution is 0.0954. The molecule has 0 saturated carbocycles. The Balaban J connectivity index is 2.68. The third-order valence-electron chi connectivity index (χ3n) is 1.96. The van der Waals surface area contributed by atoms with Crippen LogP contribution in [0, 0.1) is 0 Å². The number of unbranched alkanes of at least 4 members (excludes halogenated alkanes) is 1. The predicted molar refractivity (Wildman–Crippen MR) is 60.9 cm³/mol. The van der Waals surface area contributed by atoms with E-state index >= 15 is 0 Å². The number of carbonyl (C=O) groups is 1. The number of nitrogens with two attached hydrogens (primary N) is 1. The number of carbonyl (C=O) groups excluding carboxylic acids is 1. The number of hydrogen-bond acceptors (Lipinski definition) is 3. The minimum absolute atomic E-state index is 0.203. The number of halogens is 1. The normalized spacial score (nSPS) is 10.0. The lowest BCUT2D eigenvalue weighted by atomic mass is 10.2. The van der Waals surface area contributed by atoms with Crippen molar-refractivity contribution in [3.8, 4) is 0 Å². The fourth-order valence-corrected chi connectivity index (χ4v) is 1.27. The zero-order valence-electron chi connectivity index (χ0n) is 8.59. The molecule has 15 heavy (non-hydrogen) atoms. The first-order valence-corrected chi connectivity index (χ1v) is 5.22. The topological polar surface area (TPSA) is 68.0 Å². The van der Waals surface area contributed by atoms with E-state index in [0.29, 0.717) is 17.8 Å². The number of aromatic nitrogens is 1. The molecule has 3 N–H and O–H groups in total. The van der Waals surface area contributed by atoms with Gasteiger partial charge in [-0.3, -0.25) is 4.79 Å². The first-order chi connectivity index (χ1) is 7.15. The van der Waals surface area contributed by atoms with Gasteiger partial charge < -0.3 is 11.1 Å². The lowest BCUT2D eigenvalue weighted by Gasteiger charge is -2.06. The summed E-state index contributed by atoms with van der Waals surface area (Å²) in [6.07, 6.45) is 3.37. The summed E-state index contributed by atoms with van der Waals surface area (Å²) in [5.41, 5.74) is 6.33. The van der Waals surface area contributed by atoms with E-state index in [1.54, 1.807) is 0 Å². The van der Waals surface area contributed by atoms with Crippen LogP contribution in [0.15, 0.2) is 12.3 Å². The van der Waals surface area contributed by atoms with Crippen LogP contribution in [0.5, 0.6) is 0 Å². The molecule has 4 nitrogen and oxygen atoms in total. The average molecular weight is 228 g/mol. The van der Waals surface area contributed by atoms with Crippen LogP contribution in [0.4, 0.5) is 5.69 Å². The summed E-state index contributed by atoms with van der Waals surface area (Å²) in [5.74, 6) is -0.203. The van der Waals surface area contributed by atoms with Crippen LogP contribution in [0.3, 0.4) is 0 Å². The Kier molecular flexibility index (Phi) is 4.37. The molecule has 1 heterocycles. The van der Waals surface area contributed by atoms with Crippen molar-refractivity contribution in [2.24, 2.45) is 0 Å². The van der Waals surface area contributed by atoms with Gasteiger partial charge in [0.2, 0.25) is 0 Å². The molecule has 0 aliphatic carbocycles. The van der Waals surface area contributed by atoms with Gasteiger partial charge in [0, 0.05) is 6.54 Å². The van der Waals surface area contributed by atoms with Crippen LogP contribution >= 0.6 is 11.6 Å². The third-order valence-corrected chi connectivity index (χ3v) is 2.17. The summed E-state index contributed by atoms with van der Waals surface area (Å²) < 4.78 is 0. The van der Waals surface area contributed by atoms with Gasteiger partial charge in [0.15, 0.2) is 0 Å². The monoisotopic (exact) mass is 227 g/mol. The van der Waals surface area contributed by atoms with E-state index in [-0.39, 0.29) is 11.1 Å². The lowest BCUT2D eigenvalue weighted by Crippen LogP contribution is -2.25. The molecule has 0 unspecified atom stereocenters. The molecular formula is C10H14ClN3O. The van der Waals surface area contributed by atoms with Crippen LogP contribution in [0.1, 0.15) is 30.1 Å². The maximum atomic E-state index is 11.6. The van der Waals surface area contributed by atoms with Gasteiger partial charge in [0.05, 0.1) is 17.4 Å². The van der Waals surface area contributed by atoms with Crippen molar-refractivity contribution >= 4 is 23.2 Å². The largest absolute Gasteiger partial charge is 0.397 e. The zero-order valence-corrected chi connectivity index (χ0v) is 9.34. The standard InChI is InChI=1S/C10H14ClN3O/c1-2-3-4-13-10(15)7-5-9(11)14-6-8(7)12/h5-6H,2-4,12H2,1H3,(H,13,15). The summed E-state index contributed by atoms with van der Waals surface area (Å²) in [7, 11) is 0. The van der Waals surface area contributed by atoms with Crippen LogP contribution in [0.2, 0.25) is 5.15 Å². The highest BCUT2D eigenvalue weighted by Crippen LogP contribution is 2.14. The Morgan fingerprint density at radius 2 is 2.40 bits per heavy atom. The summed E-state index contributed by atoms with van der Waals surface area (Å²) >= 11 is 5.68. The van der Waals surface area contributed by atoms with Gasteiger partial charge in [-0.25, -0.2) is 4.98 Å². The third kappa shape index (κ3) is 3.40. The molecule has 0 saturated heterocycles. The number of nitrogen functional groups attached to an aromatic ring is 1. The number of nitrogens with zero attached hydrogens (tertiary/aromatic N) is 1. The molecular weight excluding hydrogens is 214 g/mol. The summed E-state index contributed by atoms with van der Waals surface area (Å²) in [6, 6.07) is 1.47. The summed E-state index contributed by atoms with van der Waals surface area (Å²) in [4.78, 5) is 15.4. The van der Waals surface area contributed by atoms with Gasteiger partial charge in [-0.05, 0) is 12.5 Å². The molecule has 0 spiro atoms. The fraction of sp³-hybridized carbons (Fsp3) is 0.400. The van der Waals surface area contributed by atoms with E-state index in [1.165, 1.54) is 12.3 Å². The highest BCUT2D eigenvalue weighted by Gasteiger charge is 2.09. The number of rotatable bonds is 4. The van der Waals surface area contributed by atoms with Crippen molar-refractivity contribution in [1.29, 1.82) is 0 Å². The van der Waals surface area contributed by atoms with Crippen LogP contribution < -0.4 is 11.1 Å². The second-order valence-corrected chi connectivity index (χ2v) is 3.59. The minimum atomic E-state index is -0.203. The van der Waals surface area contributed by atoms with E-state index in [2.05, 4.69) is 17.2 Å². The maximum Gasteiger partial charge on any atom is 0.253 e. The van der Waals surface area contributed by atoms with Gasteiger partial charge in [-0.1, -0.05) is 24.9 Å². The van der Waals surface area contributed by atoms with Gasteiger partial charge in [0.25, 0.3) is 5.91 Å². The Hall–Kier alpha value is -1.29. The molecule has 1 aromatic rings. The molecule has 0 radical (unpaired) electrons. The Labute approximate surface area is 93.8 Å². The van der Waals surface area contributed by atoms with Crippen LogP contribution in [-0.4, -0.2) is 17.4 Å². The second kappa shape index (κ2) is 5.56. The van der Waals surface area contributed by atoms with Crippen molar-refractivity contribution in [2.45, 2.75) is 19.8 Å². The molecule has 82 valence electrons. The number of pyridine rings is 1. The van der Waals surface area contributed by atoms with Gasteiger partial charge in [0.1, 0.15) is 5.15 Å². The van der Waals surface area contributed by atoms with E-state index in [0.717, 1.165) is 12.8 Å². The molecule has 0 atom stereocenters. The van der Waals surface area contributed by atoms with Crippen molar-refractivity contribution in [1.82, 2.24) is 10.3 Å². The quantitative estimate of drug-likeness (QED) is 0.609. The Bertz CT molecular complexity index is 355. The molecule has 1 rings (SSSR count). The van der Waals surface area contributed by atoms with E-state index in [1.807, 2.05) is 0 Å². The maximum absolute atomic E-state index is 11.6. The van der Waals surface area contributed by atoms with Gasteiger partial charge >= 0.3 is 0 Å². The molecule has 5 heteroatoms. The summed E-state index contributed by atoms with van der Waals surface area (Å²) in [6.45, 7) is 2.71. The average Bonchev–Trinajstić information content (AvgIpc) is 2.22. The molecule has 0 fully saturated rings. The van der Waals surface area contributed by atoms with Crippen molar-refractivity contribution < 1.29 is 4.79 Å². The summed E-state index contributed by atoms with van der Waals surface area (Å²) in [5, 5.41) is 3.03. The first kappa shape index (κ1) is 11.8. The fourth-order valence-electron chi connectivity index (χ4n) is 1.11. The van der Waals surface area contributed by atoms with Gasteiger partial charge in [-0.2, -0.15) is 0 Å². The van der Waals surface area contributed by atoms with E-state index in [4.69, 9.17) is 17.3 Å². The Morgan fingerprint density at radius 3 is 3.07 bits per heavy atom. The molecule has 0 bridgehead atoms. The van der Waals surface area contributed by atoms with E-state index < -0.39 is 0 Å². The van der Waals surface area contributed by atoms with Gasteiger partial charge in [-0.15, -0.1) is 0 Å². The first-order valence-electron chi connectivity index (χ1n) is 4.84. The molecule has 1 amide bonds. The van der Waals surface area contributed by atoms with Crippen molar-refractivity contribution in [2.75, 3.05) is 12.3 Å². The van der Waals surface area contributed by atoms with Crippen molar-refractivity contribution in [3.05, 3.63) is 23.0 Å². The number of amides is 1. The predicted octanol–water partition coefficient (Wildman–Crippen LogP) is 1.85. The van der Waals surface area contributed by atoms with Crippen LogP contribution in [0.25, 0.3) is 0 Å². The molecule has 0 aromatic carbocycles. The number of nitrogens with one attached hydrogen (secondary N) is 1. The minimum Gasteiger partial charge on any atom is -0.397 e. The molecule has 1 aromatic heterocycles. The highest BCUT2D eigenvalue weighted by molar-refractivity contribution is 6.29. The Morgan fingerprint density at radius 1 is 1.67 bits per heavy atom. The number of hydrogen-bond donors (Lipinski definition) is 2. The SMILES string of the molecule is CCCCNC(=O)c1cc(Cl)ncc1N. The van der Waals surface area contributed by atoms with Crippen molar-refractivity contribution in [3.63, 3.8) is 0 Å². The van der Waals surface area contributed by atoms with E-state index in [9.17, 15) is 4.79 Å². The number of anilines is 1. The molecule has 0 aliphatic heterocycles. The van der Waals surface area contributed by atoms with Crippen LogP contribution in [-0.2, 0) is 0 Å². The molecule has 0 aliphatic rings.